The molecule has 1 aliphatic carbocycles. The molecule has 4 aliphatic rings. The number of benzene rings is 1. The van der Waals surface area contributed by atoms with Crippen LogP contribution < -0.4 is 5.32 Å². The monoisotopic (exact) mass is 516 g/mol. The minimum absolute atomic E-state index is 0.0688. The van der Waals surface area contributed by atoms with Crippen LogP contribution in [0.25, 0.3) is 0 Å². The number of ether oxygens (including phenoxy) is 3. The first-order valence-electron chi connectivity index (χ1n) is 9.55. The molecule has 1 amide bonds. The van der Waals surface area contributed by atoms with Crippen molar-refractivity contribution in [3.63, 3.8) is 0 Å². The lowest BCUT2D eigenvalue weighted by atomic mass is 9.62. The summed E-state index contributed by atoms with van der Waals surface area (Å²) in [7, 11) is 0. The Morgan fingerprint density at radius 2 is 2.03 bits per heavy atom. The third-order valence-electron chi connectivity index (χ3n) is 6.14. The van der Waals surface area contributed by atoms with E-state index in [1.165, 1.54) is 0 Å². The van der Waals surface area contributed by atoms with Gasteiger partial charge in [0.2, 0.25) is 5.91 Å². The third-order valence-corrected chi connectivity index (χ3v) is 6.86. The molecule has 5 rings (SSSR count). The predicted octanol–water partition coefficient (Wildman–Crippen LogP) is -0.0589. The number of carbonyl (C=O) groups excluding carboxylic acids is 2. The van der Waals surface area contributed by atoms with Crippen molar-refractivity contribution >= 4 is 34.5 Å². The van der Waals surface area contributed by atoms with Crippen LogP contribution in [0, 0.1) is 8.99 Å². The molecule has 3 saturated heterocycles. The van der Waals surface area contributed by atoms with Gasteiger partial charge in [0.1, 0.15) is 36.6 Å². The Morgan fingerprint density at radius 3 is 2.79 bits per heavy atom. The first-order chi connectivity index (χ1) is 14.0. The molecule has 6 atom stereocenters. The van der Waals surface area contributed by atoms with Crippen LogP contribution >= 0.6 is 22.6 Å². The van der Waals surface area contributed by atoms with Crippen LogP contribution in [0.5, 0.6) is 0 Å². The zero-order valence-corrected chi connectivity index (χ0v) is 17.6. The molecule has 9 nitrogen and oxygen atoms in total. The molecule has 4 fully saturated rings. The predicted molar refractivity (Wildman–Crippen MR) is 105 cm³/mol. The Kier molecular flexibility index (Phi) is 5.03. The fourth-order valence-corrected chi connectivity index (χ4v) is 5.30. The molecule has 0 spiro atoms. The molecule has 0 unspecified atom stereocenters. The van der Waals surface area contributed by atoms with Crippen LogP contribution in [0.15, 0.2) is 24.3 Å². The molecule has 1 saturated carbocycles. The summed E-state index contributed by atoms with van der Waals surface area (Å²) in [6, 6.07) is 6.97. The van der Waals surface area contributed by atoms with Gasteiger partial charge in [-0.25, -0.2) is 0 Å². The van der Waals surface area contributed by atoms with Gasteiger partial charge in [0, 0.05) is 16.5 Å². The van der Waals surface area contributed by atoms with Gasteiger partial charge in [-0.2, -0.15) is 5.06 Å². The molecule has 3 heterocycles. The quantitative estimate of drug-likeness (QED) is 0.415. The van der Waals surface area contributed by atoms with E-state index >= 15 is 0 Å². The van der Waals surface area contributed by atoms with E-state index in [4.69, 9.17) is 24.2 Å². The average molecular weight is 516 g/mol. The standard InChI is InChI=1S/C19H21IN2O7/c20-11-3-1-10(2-4-11)8-22-15-17(24)28-12-7-19(15,18(25)21-5-6-23)16(29-22)14-13(12)26-9-27-14/h1-4,12-16,23H,5-9H2,(H,21,25)/t12-,13+,14+,15+,16-,19+/m1/s1. The summed E-state index contributed by atoms with van der Waals surface area (Å²) < 4.78 is 18.2. The number of aliphatic hydroxyl groups is 1. The number of nitrogens with one attached hydrogen (secondary N) is 1. The highest BCUT2D eigenvalue weighted by atomic mass is 127. The van der Waals surface area contributed by atoms with Gasteiger partial charge < -0.3 is 24.6 Å². The smallest absolute Gasteiger partial charge is 0.327 e. The summed E-state index contributed by atoms with van der Waals surface area (Å²) in [5, 5.41) is 13.5. The molecule has 10 heteroatoms. The summed E-state index contributed by atoms with van der Waals surface area (Å²) in [5.74, 6) is -0.829. The molecule has 0 radical (unpaired) electrons. The maximum Gasteiger partial charge on any atom is 0.327 e. The second-order valence-electron chi connectivity index (χ2n) is 7.71. The average Bonchev–Trinajstić information content (AvgIpc) is 3.32. The Morgan fingerprint density at radius 1 is 1.28 bits per heavy atom. The summed E-state index contributed by atoms with van der Waals surface area (Å²) in [6.07, 6.45) is -1.91. The SMILES string of the molecule is O=C1O[C@@H]2C[C@@]3(C(=O)NCCO)[C@H](ON(Cc4ccc(I)cc4)[C@@H]13)[C@H]1OCO[C@H]12. The summed E-state index contributed by atoms with van der Waals surface area (Å²) >= 11 is 2.23. The van der Waals surface area contributed by atoms with E-state index in [2.05, 4.69) is 27.9 Å². The minimum atomic E-state index is -1.16. The number of halogens is 1. The lowest BCUT2D eigenvalue weighted by Crippen LogP contribution is -2.69. The van der Waals surface area contributed by atoms with E-state index in [1.807, 2.05) is 24.3 Å². The van der Waals surface area contributed by atoms with Crippen molar-refractivity contribution in [2.24, 2.45) is 5.41 Å². The van der Waals surface area contributed by atoms with Crippen molar-refractivity contribution in [3.8, 4) is 0 Å². The van der Waals surface area contributed by atoms with E-state index in [-0.39, 0.29) is 25.9 Å². The zero-order chi connectivity index (χ0) is 20.2. The highest BCUT2D eigenvalue weighted by Gasteiger charge is 2.74. The second-order valence-corrected chi connectivity index (χ2v) is 8.96. The van der Waals surface area contributed by atoms with Gasteiger partial charge in [0.05, 0.1) is 13.2 Å². The Hall–Kier alpha value is -1.31. The van der Waals surface area contributed by atoms with Crippen molar-refractivity contribution < 1.29 is 33.7 Å². The van der Waals surface area contributed by atoms with E-state index in [0.29, 0.717) is 13.0 Å². The van der Waals surface area contributed by atoms with Gasteiger partial charge in [0.25, 0.3) is 0 Å². The van der Waals surface area contributed by atoms with Crippen LogP contribution in [-0.2, 0) is 35.2 Å². The lowest BCUT2D eigenvalue weighted by Gasteiger charge is -2.48. The molecule has 0 aromatic heterocycles. The first-order valence-corrected chi connectivity index (χ1v) is 10.6. The third kappa shape index (κ3) is 3.00. The number of aliphatic hydroxyl groups excluding tert-OH is 1. The van der Waals surface area contributed by atoms with Crippen LogP contribution in [-0.4, -0.2) is 72.4 Å². The fourth-order valence-electron chi connectivity index (χ4n) is 4.94. The second kappa shape index (κ2) is 7.43. The van der Waals surface area contributed by atoms with Gasteiger partial charge in [-0.3, -0.25) is 14.4 Å². The molecule has 1 aromatic carbocycles. The maximum atomic E-state index is 13.3. The highest BCUT2D eigenvalue weighted by molar-refractivity contribution is 14.1. The van der Waals surface area contributed by atoms with Crippen molar-refractivity contribution in [1.29, 1.82) is 0 Å². The molecule has 3 aliphatic heterocycles. The molecule has 29 heavy (non-hydrogen) atoms. The zero-order valence-electron chi connectivity index (χ0n) is 15.5. The van der Waals surface area contributed by atoms with Crippen molar-refractivity contribution in [2.45, 2.75) is 43.4 Å². The number of carbonyl (C=O) groups is 2. The Bertz CT molecular complexity index is 821. The van der Waals surface area contributed by atoms with Crippen LogP contribution in [0.3, 0.4) is 0 Å². The van der Waals surface area contributed by atoms with E-state index < -0.39 is 41.8 Å². The van der Waals surface area contributed by atoms with E-state index in [9.17, 15) is 9.59 Å². The molecule has 2 bridgehead atoms. The van der Waals surface area contributed by atoms with Crippen LogP contribution in [0.4, 0.5) is 0 Å². The largest absolute Gasteiger partial charge is 0.458 e. The number of amides is 1. The number of hydrogen-bond donors (Lipinski definition) is 2. The number of rotatable bonds is 5. The van der Waals surface area contributed by atoms with Crippen molar-refractivity contribution in [1.82, 2.24) is 10.4 Å². The van der Waals surface area contributed by atoms with Crippen molar-refractivity contribution in [3.05, 3.63) is 33.4 Å². The number of fused-ring (bicyclic) bond motifs is 4. The number of hydroxylamine groups is 2. The summed E-state index contributed by atoms with van der Waals surface area (Å²) in [5.41, 5.74) is -0.210. The first kappa shape index (κ1) is 19.6. The maximum absolute atomic E-state index is 13.3. The van der Waals surface area contributed by atoms with Gasteiger partial charge in [0.15, 0.2) is 6.04 Å². The molecular weight excluding hydrogens is 495 g/mol. The lowest BCUT2D eigenvalue weighted by molar-refractivity contribution is -0.201. The van der Waals surface area contributed by atoms with Gasteiger partial charge in [-0.05, 0) is 40.3 Å². The van der Waals surface area contributed by atoms with Crippen LogP contribution in [0.2, 0.25) is 0 Å². The fraction of sp³-hybridized carbons (Fsp3) is 0.579. The summed E-state index contributed by atoms with van der Waals surface area (Å²) in [6.45, 7) is 0.302. The molecule has 156 valence electrons. The van der Waals surface area contributed by atoms with Gasteiger partial charge in [-0.1, -0.05) is 12.1 Å². The van der Waals surface area contributed by atoms with Crippen LogP contribution in [0.1, 0.15) is 12.0 Å². The normalized spacial score (nSPS) is 37.9. The van der Waals surface area contributed by atoms with Gasteiger partial charge >= 0.3 is 5.97 Å². The van der Waals surface area contributed by atoms with E-state index in [0.717, 1.165) is 9.13 Å². The number of esters is 1. The van der Waals surface area contributed by atoms with Gasteiger partial charge in [-0.15, -0.1) is 0 Å². The molecule has 2 N–H and O–H groups in total. The number of hydrogen-bond acceptors (Lipinski definition) is 8. The topological polar surface area (TPSA) is 107 Å². The Balaban J connectivity index is 1.53. The van der Waals surface area contributed by atoms with E-state index in [1.54, 1.807) is 5.06 Å². The minimum Gasteiger partial charge on any atom is -0.458 e. The summed E-state index contributed by atoms with van der Waals surface area (Å²) in [4.78, 5) is 32.5. The van der Waals surface area contributed by atoms with Crippen molar-refractivity contribution in [2.75, 3.05) is 19.9 Å². The number of nitrogens with zero attached hydrogens (tertiary/aromatic N) is 1. The Labute approximate surface area is 180 Å². The molecule has 1 aromatic rings. The highest BCUT2D eigenvalue weighted by Crippen LogP contribution is 2.55. The molecular formula is C19H21IN2O7.